The van der Waals surface area contributed by atoms with E-state index in [4.69, 9.17) is 5.11 Å². The zero-order valence-electron chi connectivity index (χ0n) is 7.64. The highest BCUT2D eigenvalue weighted by atomic mass is 32.2. The summed E-state index contributed by atoms with van der Waals surface area (Å²) in [5, 5.41) is 9.25. The fourth-order valence-corrected chi connectivity index (χ4v) is 2.86. The molecule has 0 bridgehead atoms. The Labute approximate surface area is 86.5 Å². The Balaban J connectivity index is 2.25. The number of carbonyl (C=O) groups is 1. The van der Waals surface area contributed by atoms with Gasteiger partial charge in [-0.3, -0.25) is 4.98 Å². The lowest BCUT2D eigenvalue weighted by Crippen LogP contribution is -1.99. The summed E-state index contributed by atoms with van der Waals surface area (Å²) >= 11 is 1.88. The zero-order chi connectivity index (χ0) is 9.97. The summed E-state index contributed by atoms with van der Waals surface area (Å²) in [6.07, 6.45) is 5.52. The van der Waals surface area contributed by atoms with Gasteiger partial charge in [0.25, 0.3) is 0 Å². The number of carboxylic acid groups (broad SMARTS) is 1. The minimum absolute atomic E-state index is 0.287. The number of hydrogen-bond donors (Lipinski definition) is 1. The van der Waals surface area contributed by atoms with Crippen molar-refractivity contribution < 1.29 is 9.90 Å². The van der Waals surface area contributed by atoms with Gasteiger partial charge in [-0.1, -0.05) is 0 Å². The number of hydrogen-bond acceptors (Lipinski definition) is 3. The highest BCUT2D eigenvalue weighted by molar-refractivity contribution is 7.99. The Bertz CT molecular complexity index is 348. The molecule has 74 valence electrons. The van der Waals surface area contributed by atoms with Gasteiger partial charge in [-0.2, -0.15) is 11.8 Å². The molecule has 14 heavy (non-hydrogen) atoms. The summed E-state index contributed by atoms with van der Waals surface area (Å²) in [6, 6.07) is 1.73. The number of thioether (sulfide) groups is 1. The van der Waals surface area contributed by atoms with Crippen LogP contribution in [0.1, 0.15) is 34.0 Å². The van der Waals surface area contributed by atoms with Crippen LogP contribution in [0.5, 0.6) is 0 Å². The summed E-state index contributed by atoms with van der Waals surface area (Å²) in [7, 11) is 0. The second-order valence-electron chi connectivity index (χ2n) is 3.31. The summed E-state index contributed by atoms with van der Waals surface area (Å²) in [6.45, 7) is 0. The fraction of sp³-hybridized carbons (Fsp3) is 0.400. The van der Waals surface area contributed by atoms with Crippen LogP contribution in [0.2, 0.25) is 0 Å². The minimum Gasteiger partial charge on any atom is -0.478 e. The summed E-state index contributed by atoms with van der Waals surface area (Å²) < 4.78 is 0. The van der Waals surface area contributed by atoms with Crippen LogP contribution < -0.4 is 0 Å². The van der Waals surface area contributed by atoms with Crippen LogP contribution in [0.25, 0.3) is 0 Å². The normalized spacial score (nSPS) is 21.0. The summed E-state index contributed by atoms with van der Waals surface area (Å²) in [4.78, 5) is 14.7. The monoisotopic (exact) mass is 209 g/mol. The Morgan fingerprint density at radius 2 is 2.43 bits per heavy atom. The van der Waals surface area contributed by atoms with Crippen LogP contribution in [0.15, 0.2) is 18.5 Å². The van der Waals surface area contributed by atoms with E-state index in [1.165, 1.54) is 18.4 Å². The third-order valence-corrected chi connectivity index (χ3v) is 3.74. The van der Waals surface area contributed by atoms with E-state index in [0.29, 0.717) is 5.25 Å². The molecule has 0 radical (unpaired) electrons. The van der Waals surface area contributed by atoms with Gasteiger partial charge in [-0.25, -0.2) is 4.79 Å². The van der Waals surface area contributed by atoms with Crippen LogP contribution in [0.3, 0.4) is 0 Å². The lowest BCUT2D eigenvalue weighted by atomic mass is 10.1. The first kappa shape index (κ1) is 9.52. The molecule has 2 heterocycles. The van der Waals surface area contributed by atoms with E-state index in [1.54, 1.807) is 12.3 Å². The van der Waals surface area contributed by atoms with E-state index in [0.717, 1.165) is 12.0 Å². The maximum atomic E-state index is 10.7. The number of pyridine rings is 1. The fourth-order valence-electron chi connectivity index (χ4n) is 1.59. The van der Waals surface area contributed by atoms with Gasteiger partial charge >= 0.3 is 5.97 Å². The molecule has 1 aromatic heterocycles. The highest BCUT2D eigenvalue weighted by Crippen LogP contribution is 2.39. The molecule has 1 unspecified atom stereocenters. The van der Waals surface area contributed by atoms with Gasteiger partial charge in [-0.05, 0) is 30.2 Å². The molecule has 1 fully saturated rings. The Morgan fingerprint density at radius 1 is 1.57 bits per heavy atom. The number of aromatic nitrogens is 1. The van der Waals surface area contributed by atoms with E-state index in [-0.39, 0.29) is 5.56 Å². The van der Waals surface area contributed by atoms with Crippen molar-refractivity contribution in [3.8, 4) is 0 Å². The smallest absolute Gasteiger partial charge is 0.337 e. The van der Waals surface area contributed by atoms with Crippen molar-refractivity contribution >= 4 is 17.7 Å². The van der Waals surface area contributed by atoms with Crippen molar-refractivity contribution in [3.63, 3.8) is 0 Å². The molecule has 0 saturated carbocycles. The predicted octanol–water partition coefficient (Wildman–Crippen LogP) is 2.35. The van der Waals surface area contributed by atoms with Gasteiger partial charge in [0.15, 0.2) is 0 Å². The molecule has 0 aromatic carbocycles. The Morgan fingerprint density at radius 3 is 3.07 bits per heavy atom. The van der Waals surface area contributed by atoms with Crippen molar-refractivity contribution in [1.82, 2.24) is 4.98 Å². The van der Waals surface area contributed by atoms with E-state index in [1.807, 2.05) is 11.8 Å². The van der Waals surface area contributed by atoms with Crippen LogP contribution in [-0.4, -0.2) is 21.8 Å². The molecule has 0 spiro atoms. The molecule has 1 N–H and O–H groups in total. The number of carboxylic acids is 1. The predicted molar refractivity (Wildman–Crippen MR) is 55.6 cm³/mol. The van der Waals surface area contributed by atoms with Crippen molar-refractivity contribution in [1.29, 1.82) is 0 Å². The van der Waals surface area contributed by atoms with Gasteiger partial charge in [0.05, 0.1) is 5.56 Å². The van der Waals surface area contributed by atoms with Crippen molar-refractivity contribution in [2.75, 3.05) is 5.75 Å². The Kier molecular flexibility index (Phi) is 2.72. The molecule has 0 aliphatic carbocycles. The quantitative estimate of drug-likeness (QED) is 0.812. The third kappa shape index (κ3) is 1.90. The number of rotatable bonds is 2. The molecule has 1 saturated heterocycles. The van der Waals surface area contributed by atoms with E-state index >= 15 is 0 Å². The third-order valence-electron chi connectivity index (χ3n) is 2.31. The summed E-state index contributed by atoms with van der Waals surface area (Å²) in [5.74, 6) is 0.268. The molecule has 4 heteroatoms. The molecule has 2 rings (SSSR count). The van der Waals surface area contributed by atoms with Crippen LogP contribution in [0.4, 0.5) is 0 Å². The number of aromatic carboxylic acids is 1. The molecule has 3 nitrogen and oxygen atoms in total. The van der Waals surface area contributed by atoms with Gasteiger partial charge in [0.2, 0.25) is 0 Å². The first-order chi connectivity index (χ1) is 6.77. The van der Waals surface area contributed by atoms with E-state index in [9.17, 15) is 4.79 Å². The number of nitrogens with zero attached hydrogens (tertiary/aromatic N) is 1. The maximum absolute atomic E-state index is 10.7. The average molecular weight is 209 g/mol. The lowest BCUT2D eigenvalue weighted by Gasteiger charge is -2.08. The standard InChI is InChI=1S/C10H11NO2S/c12-10(13)8-4-7(5-11-6-8)9-2-1-3-14-9/h4-6,9H,1-3H2,(H,12,13). The van der Waals surface area contributed by atoms with E-state index in [2.05, 4.69) is 4.98 Å². The topological polar surface area (TPSA) is 50.2 Å². The molecule has 1 aromatic rings. The van der Waals surface area contributed by atoms with E-state index < -0.39 is 5.97 Å². The van der Waals surface area contributed by atoms with Crippen LogP contribution in [-0.2, 0) is 0 Å². The van der Waals surface area contributed by atoms with Gasteiger partial charge in [-0.15, -0.1) is 0 Å². The van der Waals surface area contributed by atoms with Crippen LogP contribution in [0, 0.1) is 0 Å². The Hall–Kier alpha value is -1.03. The average Bonchev–Trinajstić information content (AvgIpc) is 2.71. The van der Waals surface area contributed by atoms with Crippen LogP contribution >= 0.6 is 11.8 Å². The summed E-state index contributed by atoms with van der Waals surface area (Å²) in [5.41, 5.74) is 1.34. The SMILES string of the molecule is O=C(O)c1cncc(C2CCCS2)c1. The second-order valence-corrected chi connectivity index (χ2v) is 4.62. The molecular weight excluding hydrogens is 198 g/mol. The minimum atomic E-state index is -0.901. The zero-order valence-corrected chi connectivity index (χ0v) is 8.46. The largest absolute Gasteiger partial charge is 0.478 e. The molecule has 1 aliphatic heterocycles. The highest BCUT2D eigenvalue weighted by Gasteiger charge is 2.18. The van der Waals surface area contributed by atoms with Crippen molar-refractivity contribution in [2.45, 2.75) is 18.1 Å². The van der Waals surface area contributed by atoms with Crippen molar-refractivity contribution in [3.05, 3.63) is 29.6 Å². The van der Waals surface area contributed by atoms with Gasteiger partial charge in [0, 0.05) is 17.6 Å². The van der Waals surface area contributed by atoms with Crippen molar-refractivity contribution in [2.24, 2.45) is 0 Å². The lowest BCUT2D eigenvalue weighted by molar-refractivity contribution is 0.0696. The first-order valence-electron chi connectivity index (χ1n) is 4.57. The molecule has 1 aliphatic rings. The second kappa shape index (κ2) is 4.00. The molecule has 1 atom stereocenters. The molecular formula is C10H11NO2S. The molecule has 0 amide bonds. The first-order valence-corrected chi connectivity index (χ1v) is 5.62. The maximum Gasteiger partial charge on any atom is 0.337 e. The van der Waals surface area contributed by atoms with Gasteiger partial charge in [0.1, 0.15) is 0 Å². The van der Waals surface area contributed by atoms with Gasteiger partial charge < -0.3 is 5.11 Å².